The second kappa shape index (κ2) is 9.33. The summed E-state index contributed by atoms with van der Waals surface area (Å²) in [6, 6.07) is 9.67. The Hall–Kier alpha value is -1.61. The third-order valence-corrected chi connectivity index (χ3v) is 8.41. The van der Waals surface area contributed by atoms with Crippen LogP contribution in [-0.4, -0.2) is 41.9 Å². The molecule has 0 radical (unpaired) electrons. The van der Waals surface area contributed by atoms with Gasteiger partial charge in [-0.05, 0) is 70.2 Å². The number of halogens is 1. The smallest absolute Gasteiger partial charge is 0.270 e. The Morgan fingerprint density at radius 1 is 1.31 bits per heavy atom. The van der Waals surface area contributed by atoms with Gasteiger partial charge in [-0.1, -0.05) is 28.1 Å². The first-order valence-electron chi connectivity index (χ1n) is 11.1. The standard InChI is InChI=1S/C24H30BrN3O3S/c1-24(2,3)32(31)28-14-16-13-19(23(30)26-18-8-5-9-18)27-22(21(16)20(28)10-11-29)15-6-4-7-17(25)12-15/h4,6-7,12-13,18,20,29H,5,8-11,14H2,1-3H3,(H,26,30)/t20-,32-/m0/s1. The van der Waals surface area contributed by atoms with Gasteiger partial charge in [0, 0.05) is 34.8 Å². The molecule has 2 heterocycles. The van der Waals surface area contributed by atoms with Crippen LogP contribution in [0.4, 0.5) is 0 Å². The fourth-order valence-corrected chi connectivity index (χ4v) is 6.05. The van der Waals surface area contributed by atoms with E-state index in [4.69, 9.17) is 4.98 Å². The highest BCUT2D eigenvalue weighted by Gasteiger charge is 2.40. The Morgan fingerprint density at radius 3 is 2.66 bits per heavy atom. The number of carbonyl (C=O) groups is 1. The van der Waals surface area contributed by atoms with Gasteiger partial charge in [-0.3, -0.25) is 4.79 Å². The summed E-state index contributed by atoms with van der Waals surface area (Å²) in [4.78, 5) is 17.8. The lowest BCUT2D eigenvalue weighted by Crippen LogP contribution is -2.39. The van der Waals surface area contributed by atoms with Crippen molar-refractivity contribution in [3.05, 3.63) is 51.6 Å². The molecule has 0 unspecified atom stereocenters. The number of amides is 1. The van der Waals surface area contributed by atoms with Crippen molar-refractivity contribution in [1.29, 1.82) is 0 Å². The summed E-state index contributed by atoms with van der Waals surface area (Å²) in [6.07, 6.45) is 3.60. The maximum atomic E-state index is 13.4. The Balaban J connectivity index is 1.83. The van der Waals surface area contributed by atoms with E-state index in [0.717, 1.165) is 46.1 Å². The number of fused-ring (bicyclic) bond motifs is 1. The lowest BCUT2D eigenvalue weighted by molar-refractivity contribution is 0.0912. The Labute approximate surface area is 200 Å². The van der Waals surface area contributed by atoms with Crippen molar-refractivity contribution in [3.8, 4) is 11.3 Å². The molecule has 1 fully saturated rings. The van der Waals surface area contributed by atoms with Crippen LogP contribution in [0.15, 0.2) is 34.8 Å². The quantitative estimate of drug-likeness (QED) is 0.588. The number of hydrogen-bond donors (Lipinski definition) is 2. The van der Waals surface area contributed by atoms with E-state index in [1.165, 1.54) is 0 Å². The molecule has 2 aromatic rings. The molecule has 0 bridgehead atoms. The Bertz CT molecular complexity index is 1050. The molecule has 1 aliphatic carbocycles. The fourth-order valence-electron chi connectivity index (χ4n) is 4.25. The molecule has 32 heavy (non-hydrogen) atoms. The van der Waals surface area contributed by atoms with Crippen LogP contribution in [0.1, 0.15) is 74.1 Å². The number of rotatable bonds is 6. The molecule has 6 nitrogen and oxygen atoms in total. The first-order valence-corrected chi connectivity index (χ1v) is 13.0. The van der Waals surface area contributed by atoms with E-state index >= 15 is 0 Å². The van der Waals surface area contributed by atoms with E-state index in [9.17, 15) is 14.1 Å². The van der Waals surface area contributed by atoms with Crippen molar-refractivity contribution in [3.63, 3.8) is 0 Å². The van der Waals surface area contributed by atoms with Crippen LogP contribution in [0, 0.1) is 0 Å². The third-order valence-electron chi connectivity index (χ3n) is 6.06. The first kappa shape index (κ1) is 23.5. The summed E-state index contributed by atoms with van der Waals surface area (Å²) >= 11 is 3.54. The molecule has 1 amide bonds. The molecule has 2 N–H and O–H groups in total. The zero-order valence-electron chi connectivity index (χ0n) is 18.7. The monoisotopic (exact) mass is 519 g/mol. The zero-order chi connectivity index (χ0) is 23.0. The molecular weight excluding hydrogens is 490 g/mol. The average Bonchev–Trinajstić information content (AvgIpc) is 3.07. The van der Waals surface area contributed by atoms with E-state index in [1.54, 1.807) is 0 Å². The Kier molecular flexibility index (Phi) is 6.86. The topological polar surface area (TPSA) is 82.5 Å². The van der Waals surface area contributed by atoms with Crippen LogP contribution in [0.25, 0.3) is 11.3 Å². The van der Waals surface area contributed by atoms with Crippen molar-refractivity contribution >= 4 is 32.8 Å². The molecule has 1 aromatic heterocycles. The van der Waals surface area contributed by atoms with E-state index in [2.05, 4.69) is 21.2 Å². The minimum atomic E-state index is -1.27. The molecule has 4 rings (SSSR count). The van der Waals surface area contributed by atoms with Crippen molar-refractivity contribution in [2.24, 2.45) is 0 Å². The highest BCUT2D eigenvalue weighted by atomic mass is 79.9. The van der Waals surface area contributed by atoms with Crippen molar-refractivity contribution in [1.82, 2.24) is 14.6 Å². The van der Waals surface area contributed by atoms with Crippen molar-refractivity contribution in [2.75, 3.05) is 6.61 Å². The summed E-state index contributed by atoms with van der Waals surface area (Å²) in [5, 5.41) is 12.9. The molecular formula is C24H30BrN3O3S. The molecule has 172 valence electrons. The molecule has 1 aliphatic heterocycles. The minimum absolute atomic E-state index is 0.0240. The Morgan fingerprint density at radius 2 is 2.06 bits per heavy atom. The maximum Gasteiger partial charge on any atom is 0.270 e. The number of carbonyl (C=O) groups excluding carboxylic acids is 1. The van der Waals surface area contributed by atoms with Gasteiger partial charge < -0.3 is 10.4 Å². The van der Waals surface area contributed by atoms with E-state index in [1.807, 2.05) is 55.4 Å². The van der Waals surface area contributed by atoms with Crippen LogP contribution < -0.4 is 5.32 Å². The van der Waals surface area contributed by atoms with Gasteiger partial charge in [-0.2, -0.15) is 0 Å². The summed E-state index contributed by atoms with van der Waals surface area (Å²) in [5.74, 6) is -0.164. The minimum Gasteiger partial charge on any atom is -0.396 e. The SMILES string of the molecule is CC(C)(C)[S@](=O)N1Cc2cc(C(=O)NC3CCC3)nc(-c3cccc(Br)c3)c2[C@@H]1CCO. The predicted molar refractivity (Wildman–Crippen MR) is 130 cm³/mol. The molecule has 0 spiro atoms. The van der Waals surface area contributed by atoms with Gasteiger partial charge in [0.05, 0.1) is 16.5 Å². The predicted octanol–water partition coefficient (Wildman–Crippen LogP) is 4.49. The highest BCUT2D eigenvalue weighted by Crippen LogP contribution is 2.44. The number of aliphatic hydroxyl groups excluding tert-OH is 1. The lowest BCUT2D eigenvalue weighted by Gasteiger charge is -2.30. The molecule has 8 heteroatoms. The summed E-state index contributed by atoms with van der Waals surface area (Å²) < 4.78 is 15.8. The third kappa shape index (κ3) is 4.69. The van der Waals surface area contributed by atoms with E-state index in [0.29, 0.717) is 18.7 Å². The van der Waals surface area contributed by atoms with Gasteiger partial charge in [0.1, 0.15) is 16.7 Å². The van der Waals surface area contributed by atoms with Gasteiger partial charge >= 0.3 is 0 Å². The highest BCUT2D eigenvalue weighted by molar-refractivity contribution is 9.10. The lowest BCUT2D eigenvalue weighted by atomic mass is 9.93. The largest absolute Gasteiger partial charge is 0.396 e. The fraction of sp³-hybridized carbons (Fsp3) is 0.500. The van der Waals surface area contributed by atoms with Gasteiger partial charge in [-0.15, -0.1) is 0 Å². The summed E-state index contributed by atoms with van der Waals surface area (Å²) in [7, 11) is -1.27. The summed E-state index contributed by atoms with van der Waals surface area (Å²) in [6.45, 7) is 6.29. The molecule has 1 aromatic carbocycles. The first-order chi connectivity index (χ1) is 15.2. The second-order valence-corrected chi connectivity index (χ2v) is 12.6. The van der Waals surface area contributed by atoms with Gasteiger partial charge in [-0.25, -0.2) is 13.5 Å². The van der Waals surface area contributed by atoms with E-state index in [-0.39, 0.29) is 24.6 Å². The van der Waals surface area contributed by atoms with Crippen LogP contribution in [0.5, 0.6) is 0 Å². The number of nitrogens with zero attached hydrogens (tertiary/aromatic N) is 2. The maximum absolute atomic E-state index is 13.4. The number of benzene rings is 1. The van der Waals surface area contributed by atoms with Gasteiger partial charge in [0.2, 0.25) is 0 Å². The van der Waals surface area contributed by atoms with Crippen molar-refractivity contribution < 1.29 is 14.1 Å². The van der Waals surface area contributed by atoms with Gasteiger partial charge in [0.25, 0.3) is 5.91 Å². The number of nitrogens with one attached hydrogen (secondary N) is 1. The number of hydrogen-bond acceptors (Lipinski definition) is 4. The zero-order valence-corrected chi connectivity index (χ0v) is 21.1. The van der Waals surface area contributed by atoms with Crippen LogP contribution in [0.2, 0.25) is 0 Å². The number of pyridine rings is 1. The molecule has 1 saturated carbocycles. The number of aliphatic hydroxyl groups is 1. The van der Waals surface area contributed by atoms with Crippen LogP contribution in [0.3, 0.4) is 0 Å². The average molecular weight is 520 g/mol. The second-order valence-electron chi connectivity index (χ2n) is 9.51. The normalized spacial score (nSPS) is 20.0. The summed E-state index contributed by atoms with van der Waals surface area (Å²) in [5.41, 5.74) is 3.89. The number of aromatic nitrogens is 1. The molecule has 0 saturated heterocycles. The van der Waals surface area contributed by atoms with E-state index < -0.39 is 15.7 Å². The van der Waals surface area contributed by atoms with Gasteiger partial charge in [0.15, 0.2) is 0 Å². The molecule has 2 atom stereocenters. The van der Waals surface area contributed by atoms with Crippen LogP contribution >= 0.6 is 15.9 Å². The molecule has 2 aliphatic rings. The van der Waals surface area contributed by atoms with Crippen molar-refractivity contribution in [2.45, 2.75) is 69.8 Å². The van der Waals surface area contributed by atoms with Crippen LogP contribution in [-0.2, 0) is 17.5 Å².